The van der Waals surface area contributed by atoms with Gasteiger partial charge in [0.15, 0.2) is 0 Å². The van der Waals surface area contributed by atoms with Gasteiger partial charge in [-0.2, -0.15) is 0 Å². The third kappa shape index (κ3) is 1.98. The summed E-state index contributed by atoms with van der Waals surface area (Å²) in [5, 5.41) is 10.0. The molecular formula is C13H24O. The molecule has 14 heavy (non-hydrogen) atoms. The minimum atomic E-state index is 0.0225. The monoisotopic (exact) mass is 196 g/mol. The molecular weight excluding hydrogens is 172 g/mol. The van der Waals surface area contributed by atoms with Gasteiger partial charge in [0.2, 0.25) is 0 Å². The maximum atomic E-state index is 10.0. The summed E-state index contributed by atoms with van der Waals surface area (Å²) >= 11 is 0. The first-order valence-corrected chi connectivity index (χ1v) is 6.51. The van der Waals surface area contributed by atoms with Gasteiger partial charge in [0.1, 0.15) is 0 Å². The Labute approximate surface area is 87.9 Å². The highest BCUT2D eigenvalue weighted by Gasteiger charge is 2.38. The standard InChI is InChI=1S/C13H24O/c1-2-5-12-11-7-4-3-6-10(11)8-9-13(12)14/h10-14H,2-9H2,1H3. The van der Waals surface area contributed by atoms with Gasteiger partial charge < -0.3 is 5.11 Å². The Bertz CT molecular complexity index is 176. The summed E-state index contributed by atoms with van der Waals surface area (Å²) in [7, 11) is 0. The Morgan fingerprint density at radius 2 is 1.86 bits per heavy atom. The Balaban J connectivity index is 2.01. The van der Waals surface area contributed by atoms with Crippen LogP contribution in [0.15, 0.2) is 0 Å². The molecule has 2 aliphatic carbocycles. The molecule has 2 rings (SSSR count). The van der Waals surface area contributed by atoms with Crippen molar-refractivity contribution in [1.29, 1.82) is 0 Å². The number of rotatable bonds is 2. The molecule has 0 aromatic heterocycles. The molecule has 4 atom stereocenters. The average Bonchev–Trinajstić information content (AvgIpc) is 2.23. The van der Waals surface area contributed by atoms with Crippen molar-refractivity contribution >= 4 is 0 Å². The molecule has 0 heterocycles. The lowest BCUT2D eigenvalue weighted by atomic mass is 9.63. The Morgan fingerprint density at radius 3 is 2.64 bits per heavy atom. The quantitative estimate of drug-likeness (QED) is 0.718. The zero-order chi connectivity index (χ0) is 9.97. The van der Waals surface area contributed by atoms with E-state index in [1.807, 2.05) is 0 Å². The van der Waals surface area contributed by atoms with Crippen LogP contribution in [0.1, 0.15) is 58.3 Å². The first kappa shape index (κ1) is 10.5. The minimum absolute atomic E-state index is 0.0225. The van der Waals surface area contributed by atoms with Crippen LogP contribution >= 0.6 is 0 Å². The van der Waals surface area contributed by atoms with E-state index in [0.29, 0.717) is 5.92 Å². The molecule has 2 saturated carbocycles. The van der Waals surface area contributed by atoms with Crippen molar-refractivity contribution < 1.29 is 5.11 Å². The average molecular weight is 196 g/mol. The van der Waals surface area contributed by atoms with Crippen molar-refractivity contribution in [3.05, 3.63) is 0 Å². The number of aliphatic hydroxyl groups is 1. The second kappa shape index (κ2) is 4.65. The molecule has 0 radical (unpaired) electrons. The third-order valence-corrected chi connectivity index (χ3v) is 4.47. The maximum Gasteiger partial charge on any atom is 0.0571 e. The van der Waals surface area contributed by atoms with Crippen LogP contribution in [0, 0.1) is 17.8 Å². The van der Waals surface area contributed by atoms with E-state index in [0.717, 1.165) is 18.3 Å². The smallest absolute Gasteiger partial charge is 0.0571 e. The predicted octanol–water partition coefficient (Wildman–Crippen LogP) is 3.36. The molecule has 0 amide bonds. The van der Waals surface area contributed by atoms with Crippen LogP contribution in [0.4, 0.5) is 0 Å². The highest BCUT2D eigenvalue weighted by molar-refractivity contribution is 4.89. The van der Waals surface area contributed by atoms with Crippen LogP contribution in [0.25, 0.3) is 0 Å². The second-order valence-electron chi connectivity index (χ2n) is 5.31. The van der Waals surface area contributed by atoms with Gasteiger partial charge in [0.25, 0.3) is 0 Å². The van der Waals surface area contributed by atoms with E-state index >= 15 is 0 Å². The first-order valence-electron chi connectivity index (χ1n) is 6.51. The fourth-order valence-corrected chi connectivity index (χ4v) is 3.78. The Kier molecular flexibility index (Phi) is 3.48. The van der Waals surface area contributed by atoms with E-state index in [1.54, 1.807) is 0 Å². The van der Waals surface area contributed by atoms with Gasteiger partial charge in [-0.15, -0.1) is 0 Å². The third-order valence-electron chi connectivity index (χ3n) is 4.47. The molecule has 82 valence electrons. The first-order chi connectivity index (χ1) is 6.83. The lowest BCUT2D eigenvalue weighted by Gasteiger charge is -2.44. The van der Waals surface area contributed by atoms with Crippen LogP contribution in [-0.2, 0) is 0 Å². The number of hydrogen-bond donors (Lipinski definition) is 1. The predicted molar refractivity (Wildman–Crippen MR) is 59.1 cm³/mol. The maximum absolute atomic E-state index is 10.0. The zero-order valence-corrected chi connectivity index (χ0v) is 9.41. The second-order valence-corrected chi connectivity index (χ2v) is 5.31. The van der Waals surface area contributed by atoms with Crippen molar-refractivity contribution in [2.45, 2.75) is 64.4 Å². The summed E-state index contributed by atoms with van der Waals surface area (Å²) in [6, 6.07) is 0. The SMILES string of the molecule is CCCC1C(O)CCC2CCCCC21. The molecule has 0 bridgehead atoms. The summed E-state index contributed by atoms with van der Waals surface area (Å²) in [4.78, 5) is 0. The van der Waals surface area contributed by atoms with E-state index in [2.05, 4.69) is 6.92 Å². The lowest BCUT2D eigenvalue weighted by molar-refractivity contribution is -0.0192. The van der Waals surface area contributed by atoms with Crippen molar-refractivity contribution in [2.24, 2.45) is 17.8 Å². The molecule has 1 heteroatoms. The molecule has 0 aromatic carbocycles. The van der Waals surface area contributed by atoms with Gasteiger partial charge in [-0.25, -0.2) is 0 Å². The van der Waals surface area contributed by atoms with E-state index in [4.69, 9.17) is 0 Å². The summed E-state index contributed by atoms with van der Waals surface area (Å²) in [5.41, 5.74) is 0. The molecule has 0 aliphatic heterocycles. The van der Waals surface area contributed by atoms with Gasteiger partial charge in [0.05, 0.1) is 6.10 Å². The molecule has 0 saturated heterocycles. The number of aliphatic hydroxyl groups excluding tert-OH is 1. The highest BCUT2D eigenvalue weighted by atomic mass is 16.3. The topological polar surface area (TPSA) is 20.2 Å². The van der Waals surface area contributed by atoms with E-state index in [9.17, 15) is 5.11 Å². The number of hydrogen-bond acceptors (Lipinski definition) is 1. The van der Waals surface area contributed by atoms with Crippen molar-refractivity contribution in [3.63, 3.8) is 0 Å². The van der Waals surface area contributed by atoms with E-state index in [-0.39, 0.29) is 6.10 Å². The Morgan fingerprint density at radius 1 is 1.07 bits per heavy atom. The van der Waals surface area contributed by atoms with Crippen LogP contribution in [-0.4, -0.2) is 11.2 Å². The fraction of sp³-hybridized carbons (Fsp3) is 1.00. The minimum Gasteiger partial charge on any atom is -0.393 e. The summed E-state index contributed by atoms with van der Waals surface area (Å²) in [5.74, 6) is 2.47. The summed E-state index contributed by atoms with van der Waals surface area (Å²) in [6.07, 6.45) is 10.6. The molecule has 1 N–H and O–H groups in total. The summed E-state index contributed by atoms with van der Waals surface area (Å²) in [6.45, 7) is 2.25. The molecule has 0 spiro atoms. The van der Waals surface area contributed by atoms with Crippen molar-refractivity contribution in [1.82, 2.24) is 0 Å². The van der Waals surface area contributed by atoms with Crippen LogP contribution in [0.3, 0.4) is 0 Å². The Hall–Kier alpha value is -0.0400. The lowest BCUT2D eigenvalue weighted by Crippen LogP contribution is -2.39. The number of fused-ring (bicyclic) bond motifs is 1. The molecule has 0 aromatic rings. The van der Waals surface area contributed by atoms with Gasteiger partial charge >= 0.3 is 0 Å². The van der Waals surface area contributed by atoms with Gasteiger partial charge in [-0.3, -0.25) is 0 Å². The van der Waals surface area contributed by atoms with Gasteiger partial charge in [-0.05, 0) is 43.4 Å². The van der Waals surface area contributed by atoms with Crippen LogP contribution in [0.5, 0.6) is 0 Å². The molecule has 4 unspecified atom stereocenters. The van der Waals surface area contributed by atoms with Crippen LogP contribution < -0.4 is 0 Å². The van der Waals surface area contributed by atoms with Crippen molar-refractivity contribution in [2.75, 3.05) is 0 Å². The fourth-order valence-electron chi connectivity index (χ4n) is 3.78. The van der Waals surface area contributed by atoms with Gasteiger partial charge in [0, 0.05) is 0 Å². The molecule has 2 aliphatic rings. The summed E-state index contributed by atoms with van der Waals surface area (Å²) < 4.78 is 0. The van der Waals surface area contributed by atoms with Crippen molar-refractivity contribution in [3.8, 4) is 0 Å². The van der Waals surface area contributed by atoms with Gasteiger partial charge in [-0.1, -0.05) is 32.6 Å². The van der Waals surface area contributed by atoms with E-state index in [1.165, 1.54) is 44.9 Å². The zero-order valence-electron chi connectivity index (χ0n) is 9.41. The van der Waals surface area contributed by atoms with E-state index < -0.39 is 0 Å². The normalized spacial score (nSPS) is 43.3. The molecule has 2 fully saturated rings. The highest BCUT2D eigenvalue weighted by Crippen LogP contribution is 2.45. The largest absolute Gasteiger partial charge is 0.393 e. The molecule has 1 nitrogen and oxygen atoms in total. The van der Waals surface area contributed by atoms with Crippen LogP contribution in [0.2, 0.25) is 0 Å².